The number of nitrogens with one attached hydrogen (secondary N) is 2. The molecule has 1 atom stereocenters. The van der Waals surface area contributed by atoms with Crippen LogP contribution in [0.5, 0.6) is 0 Å². The molecule has 2 aromatic rings. The first-order valence-electron chi connectivity index (χ1n) is 7.91. The second kappa shape index (κ2) is 6.29. The zero-order chi connectivity index (χ0) is 15.6. The van der Waals surface area contributed by atoms with Crippen molar-refractivity contribution in [1.82, 2.24) is 19.9 Å². The second-order valence-electron chi connectivity index (χ2n) is 5.88. The highest BCUT2D eigenvalue weighted by Gasteiger charge is 2.27. The normalized spacial score (nSPS) is 21.0. The molecule has 8 heteroatoms. The van der Waals surface area contributed by atoms with Gasteiger partial charge >= 0.3 is 6.03 Å². The van der Waals surface area contributed by atoms with Crippen LogP contribution in [0.25, 0.3) is 0 Å². The largest absolute Gasteiger partial charge is 0.375 e. The van der Waals surface area contributed by atoms with Crippen LogP contribution < -0.4 is 5.32 Å². The van der Waals surface area contributed by atoms with Crippen molar-refractivity contribution in [3.63, 3.8) is 0 Å². The molecule has 4 heterocycles. The maximum absolute atomic E-state index is 12.5. The van der Waals surface area contributed by atoms with Crippen LogP contribution in [0, 0.1) is 0 Å². The number of amides is 2. The number of aromatic amines is 1. The maximum atomic E-state index is 12.5. The van der Waals surface area contributed by atoms with Crippen LogP contribution in [0.2, 0.25) is 0 Å². The summed E-state index contributed by atoms with van der Waals surface area (Å²) in [5, 5.41) is 3.61. The van der Waals surface area contributed by atoms with Gasteiger partial charge in [0, 0.05) is 37.8 Å². The number of imidazole rings is 1. The first kappa shape index (κ1) is 14.6. The number of hydrogen-bond acceptors (Lipinski definition) is 5. The van der Waals surface area contributed by atoms with Gasteiger partial charge in [-0.3, -0.25) is 5.32 Å². The number of rotatable bonds is 2. The summed E-state index contributed by atoms with van der Waals surface area (Å²) in [6.07, 6.45) is 6.46. The maximum Gasteiger partial charge on any atom is 0.323 e. The van der Waals surface area contributed by atoms with Gasteiger partial charge in [-0.2, -0.15) is 0 Å². The van der Waals surface area contributed by atoms with Crippen LogP contribution in [0.15, 0.2) is 12.4 Å². The molecule has 0 bridgehead atoms. The van der Waals surface area contributed by atoms with E-state index in [0.29, 0.717) is 24.9 Å². The van der Waals surface area contributed by atoms with E-state index in [1.165, 1.54) is 11.3 Å². The minimum absolute atomic E-state index is 0.0757. The van der Waals surface area contributed by atoms with Crippen molar-refractivity contribution < 1.29 is 9.53 Å². The van der Waals surface area contributed by atoms with Crippen LogP contribution in [0.3, 0.4) is 0 Å². The van der Waals surface area contributed by atoms with Crippen molar-refractivity contribution in [2.45, 2.75) is 31.8 Å². The molecule has 23 heavy (non-hydrogen) atoms. The highest BCUT2D eigenvalue weighted by atomic mass is 32.1. The zero-order valence-electron chi connectivity index (χ0n) is 12.7. The van der Waals surface area contributed by atoms with Gasteiger partial charge in [0.25, 0.3) is 0 Å². The Morgan fingerprint density at radius 3 is 3.30 bits per heavy atom. The molecule has 0 radical (unpaired) electrons. The summed E-state index contributed by atoms with van der Waals surface area (Å²) in [6.45, 7) is 2.78. The monoisotopic (exact) mass is 333 g/mol. The molecule has 2 amide bonds. The smallest absolute Gasteiger partial charge is 0.323 e. The summed E-state index contributed by atoms with van der Waals surface area (Å²) < 4.78 is 5.42. The summed E-state index contributed by atoms with van der Waals surface area (Å²) in [5.74, 6) is 1.24. The minimum Gasteiger partial charge on any atom is -0.375 e. The molecule has 2 aliphatic rings. The number of ether oxygens (including phenoxy) is 1. The number of thiazole rings is 1. The fourth-order valence-corrected chi connectivity index (χ4v) is 4.07. The van der Waals surface area contributed by atoms with Gasteiger partial charge in [0.05, 0.1) is 23.8 Å². The predicted octanol–water partition coefficient (Wildman–Crippen LogP) is 2.35. The fourth-order valence-electron chi connectivity index (χ4n) is 3.13. The van der Waals surface area contributed by atoms with E-state index < -0.39 is 0 Å². The lowest BCUT2D eigenvalue weighted by Gasteiger charge is -2.31. The lowest BCUT2D eigenvalue weighted by atomic mass is 9.98. The van der Waals surface area contributed by atoms with Crippen LogP contribution in [0.1, 0.15) is 35.2 Å². The molecular weight excluding hydrogens is 314 g/mol. The first-order chi connectivity index (χ1) is 11.3. The molecule has 2 aliphatic heterocycles. The topological polar surface area (TPSA) is 83.1 Å². The SMILES string of the molecule is O=C(Nc1nc2c(s1)COCC2)N1CCC[C@@H](c2ncc[nH]2)C1. The highest BCUT2D eigenvalue weighted by Crippen LogP contribution is 2.28. The number of hydrogen-bond donors (Lipinski definition) is 2. The number of carbonyl (C=O) groups excluding carboxylic acids is 1. The molecule has 2 N–H and O–H groups in total. The molecule has 7 nitrogen and oxygen atoms in total. The Morgan fingerprint density at radius 2 is 2.48 bits per heavy atom. The van der Waals surface area contributed by atoms with E-state index in [2.05, 4.69) is 20.3 Å². The lowest BCUT2D eigenvalue weighted by molar-refractivity contribution is 0.112. The van der Waals surface area contributed by atoms with Crippen molar-refractivity contribution in [1.29, 1.82) is 0 Å². The highest BCUT2D eigenvalue weighted by molar-refractivity contribution is 7.15. The lowest BCUT2D eigenvalue weighted by Crippen LogP contribution is -2.41. The standard InChI is InChI=1S/C15H19N5O2S/c21-15(19-14-18-11-3-7-22-9-12(11)23-14)20-6-1-2-10(8-20)13-16-4-5-17-13/h4-5,10H,1-3,6-9H2,(H,16,17)(H,18,19,21)/t10-/m1/s1. The van der Waals surface area contributed by atoms with Gasteiger partial charge in [0.2, 0.25) is 0 Å². The second-order valence-corrected chi connectivity index (χ2v) is 6.96. The van der Waals surface area contributed by atoms with Crippen molar-refractivity contribution in [3.05, 3.63) is 28.8 Å². The van der Waals surface area contributed by atoms with Gasteiger partial charge in [0.15, 0.2) is 5.13 Å². The van der Waals surface area contributed by atoms with Crippen LogP contribution >= 0.6 is 11.3 Å². The third-order valence-electron chi connectivity index (χ3n) is 4.32. The number of nitrogens with zero attached hydrogens (tertiary/aromatic N) is 3. The number of piperidine rings is 1. The van der Waals surface area contributed by atoms with E-state index in [0.717, 1.165) is 42.2 Å². The Bertz CT molecular complexity index is 661. The Labute approximate surface area is 138 Å². The first-order valence-corrected chi connectivity index (χ1v) is 8.73. The third-order valence-corrected chi connectivity index (χ3v) is 5.31. The number of carbonyl (C=O) groups is 1. The molecule has 0 saturated carbocycles. The van der Waals surface area contributed by atoms with Crippen molar-refractivity contribution in [2.24, 2.45) is 0 Å². The molecule has 0 spiro atoms. The molecule has 2 aromatic heterocycles. The van der Waals surface area contributed by atoms with Crippen LogP contribution in [-0.4, -0.2) is 45.6 Å². The van der Waals surface area contributed by atoms with Gasteiger partial charge in [-0.05, 0) is 12.8 Å². The van der Waals surface area contributed by atoms with Crippen LogP contribution in [0.4, 0.5) is 9.93 Å². The Hall–Kier alpha value is -1.93. The quantitative estimate of drug-likeness (QED) is 0.884. The Morgan fingerprint density at radius 1 is 1.52 bits per heavy atom. The number of likely N-dealkylation sites (tertiary alicyclic amines) is 1. The number of urea groups is 1. The molecule has 0 unspecified atom stereocenters. The molecule has 122 valence electrons. The minimum atomic E-state index is -0.0757. The van der Waals surface area contributed by atoms with Crippen molar-refractivity contribution >= 4 is 22.5 Å². The fraction of sp³-hybridized carbons (Fsp3) is 0.533. The summed E-state index contributed by atoms with van der Waals surface area (Å²) in [7, 11) is 0. The number of H-pyrrole nitrogens is 1. The Balaban J connectivity index is 1.41. The number of anilines is 1. The van der Waals surface area contributed by atoms with Crippen molar-refractivity contribution in [2.75, 3.05) is 25.0 Å². The van der Waals surface area contributed by atoms with Crippen molar-refractivity contribution in [3.8, 4) is 0 Å². The van der Waals surface area contributed by atoms with E-state index in [-0.39, 0.29) is 11.9 Å². The molecule has 0 aliphatic carbocycles. The Kier molecular flexibility index (Phi) is 4.00. The van der Waals surface area contributed by atoms with Gasteiger partial charge in [0.1, 0.15) is 5.82 Å². The molecule has 4 rings (SSSR count). The third kappa shape index (κ3) is 3.09. The van der Waals surface area contributed by atoms with Gasteiger partial charge < -0.3 is 14.6 Å². The van der Waals surface area contributed by atoms with Gasteiger partial charge in [-0.25, -0.2) is 14.8 Å². The molecule has 1 fully saturated rings. The summed E-state index contributed by atoms with van der Waals surface area (Å²) in [6, 6.07) is -0.0757. The number of fused-ring (bicyclic) bond motifs is 1. The van der Waals surface area contributed by atoms with E-state index in [4.69, 9.17) is 4.74 Å². The zero-order valence-corrected chi connectivity index (χ0v) is 13.6. The van der Waals surface area contributed by atoms with E-state index in [1.54, 1.807) is 6.20 Å². The van der Waals surface area contributed by atoms with E-state index in [1.807, 2.05) is 11.1 Å². The summed E-state index contributed by atoms with van der Waals surface area (Å²) >= 11 is 1.51. The average molecular weight is 333 g/mol. The molecule has 0 aromatic carbocycles. The van der Waals surface area contributed by atoms with E-state index >= 15 is 0 Å². The summed E-state index contributed by atoms with van der Waals surface area (Å²) in [5.41, 5.74) is 1.06. The summed E-state index contributed by atoms with van der Waals surface area (Å²) in [4.78, 5) is 27.5. The average Bonchev–Trinajstić information content (AvgIpc) is 3.24. The van der Waals surface area contributed by atoms with E-state index in [9.17, 15) is 4.79 Å². The molecule has 1 saturated heterocycles. The van der Waals surface area contributed by atoms with Crippen LogP contribution in [-0.2, 0) is 17.8 Å². The van der Waals surface area contributed by atoms with Gasteiger partial charge in [-0.1, -0.05) is 11.3 Å². The van der Waals surface area contributed by atoms with Gasteiger partial charge in [-0.15, -0.1) is 0 Å². The number of aromatic nitrogens is 3. The predicted molar refractivity (Wildman–Crippen MR) is 86.6 cm³/mol. The molecular formula is C15H19N5O2S.